The van der Waals surface area contributed by atoms with Gasteiger partial charge >= 0.3 is 0 Å². The van der Waals surface area contributed by atoms with Gasteiger partial charge in [0.15, 0.2) is 0 Å². The van der Waals surface area contributed by atoms with Crippen molar-refractivity contribution in [3.63, 3.8) is 0 Å². The molecule has 5 nitrogen and oxygen atoms in total. The normalized spacial score (nSPS) is 12.5. The predicted molar refractivity (Wildman–Crippen MR) is 109 cm³/mol. The molecule has 0 bridgehead atoms. The number of rotatable bonds is 8. The number of carbonyl (C=O) groups excluding carboxylic acids is 1. The monoisotopic (exact) mass is 414 g/mol. The molecule has 0 aliphatic heterocycles. The topological polar surface area (TPSA) is 76.1 Å². The largest absolute Gasteiger partial charge is 0.298 e. The molecule has 0 saturated carbocycles. The second kappa shape index (κ2) is 9.10. The van der Waals surface area contributed by atoms with E-state index in [1.807, 2.05) is 24.3 Å². The van der Waals surface area contributed by atoms with Gasteiger partial charge in [0.25, 0.3) is 0 Å². The molecule has 3 aromatic rings. The van der Waals surface area contributed by atoms with Crippen LogP contribution in [0.25, 0.3) is 0 Å². The van der Waals surface area contributed by atoms with Crippen molar-refractivity contribution in [1.29, 1.82) is 0 Å². The molecular formula is C21H19ClN2O3S. The molecule has 144 valence electrons. The Morgan fingerprint density at radius 2 is 1.71 bits per heavy atom. The highest BCUT2D eigenvalue weighted by molar-refractivity contribution is 7.89. The number of hydrogen-bond donors (Lipinski definition) is 1. The molecular weight excluding hydrogens is 396 g/mol. The summed E-state index contributed by atoms with van der Waals surface area (Å²) >= 11 is 5.82. The Kier molecular flexibility index (Phi) is 6.57. The van der Waals surface area contributed by atoms with Gasteiger partial charge in [-0.2, -0.15) is 0 Å². The number of carbonyl (C=O) groups is 1. The molecule has 0 amide bonds. The van der Waals surface area contributed by atoms with Crippen molar-refractivity contribution in [2.75, 3.05) is 6.54 Å². The lowest BCUT2D eigenvalue weighted by Crippen LogP contribution is -2.26. The van der Waals surface area contributed by atoms with Gasteiger partial charge in [0.05, 0.1) is 4.90 Å². The smallest absolute Gasteiger partial charge is 0.240 e. The van der Waals surface area contributed by atoms with Crippen LogP contribution in [0.1, 0.15) is 33.8 Å². The fourth-order valence-electron chi connectivity index (χ4n) is 2.95. The van der Waals surface area contributed by atoms with E-state index in [0.29, 0.717) is 17.0 Å². The number of benzene rings is 2. The van der Waals surface area contributed by atoms with Crippen LogP contribution in [0.4, 0.5) is 0 Å². The van der Waals surface area contributed by atoms with E-state index in [1.54, 1.807) is 36.7 Å². The summed E-state index contributed by atoms with van der Waals surface area (Å²) in [6, 6.07) is 17.1. The van der Waals surface area contributed by atoms with Crippen molar-refractivity contribution in [3.05, 3.63) is 94.8 Å². The number of hydrogen-bond acceptors (Lipinski definition) is 4. The summed E-state index contributed by atoms with van der Waals surface area (Å²) in [4.78, 5) is 15.2. The molecule has 0 aliphatic carbocycles. The van der Waals surface area contributed by atoms with Crippen LogP contribution in [0.2, 0.25) is 5.02 Å². The molecule has 7 heteroatoms. The number of pyridine rings is 1. The Labute approximate surface area is 169 Å². The average Bonchev–Trinajstić information content (AvgIpc) is 2.72. The Bertz CT molecular complexity index is 1020. The molecule has 1 N–H and O–H groups in total. The quantitative estimate of drug-likeness (QED) is 0.564. The van der Waals surface area contributed by atoms with E-state index in [1.165, 1.54) is 12.1 Å². The number of aldehydes is 1. The van der Waals surface area contributed by atoms with Crippen LogP contribution in [0.15, 0.2) is 78.0 Å². The standard InChI is InChI=1S/C21H19ClN2O3S/c22-19-7-9-20(10-8-19)28(26,27)24-13-11-21(18-2-1-12-23-14-18)17-5-3-16(15-25)4-6-17/h1-10,12,14-15,21,24H,11,13H2. The third-order valence-corrected chi connectivity index (χ3v) is 6.14. The first-order valence-corrected chi connectivity index (χ1v) is 10.6. The molecule has 0 aliphatic rings. The molecule has 28 heavy (non-hydrogen) atoms. The van der Waals surface area contributed by atoms with Gasteiger partial charge in [0.1, 0.15) is 6.29 Å². The van der Waals surface area contributed by atoms with E-state index < -0.39 is 10.0 Å². The molecule has 1 aromatic heterocycles. The third-order valence-electron chi connectivity index (χ3n) is 4.41. The summed E-state index contributed by atoms with van der Waals surface area (Å²) in [6.07, 6.45) is 4.80. The zero-order chi connectivity index (χ0) is 20.0. The lowest BCUT2D eigenvalue weighted by molar-refractivity contribution is 0.112. The third kappa shape index (κ3) is 5.04. The van der Waals surface area contributed by atoms with E-state index in [9.17, 15) is 13.2 Å². The summed E-state index contributed by atoms with van der Waals surface area (Å²) in [5.41, 5.74) is 2.56. The summed E-state index contributed by atoms with van der Waals surface area (Å²) in [7, 11) is -3.62. The maximum atomic E-state index is 12.5. The van der Waals surface area contributed by atoms with Gasteiger partial charge in [-0.3, -0.25) is 9.78 Å². The van der Waals surface area contributed by atoms with Crippen molar-refractivity contribution in [2.24, 2.45) is 0 Å². The summed E-state index contributed by atoms with van der Waals surface area (Å²) in [5.74, 6) is -0.0534. The highest BCUT2D eigenvalue weighted by Crippen LogP contribution is 2.27. The van der Waals surface area contributed by atoms with Gasteiger partial charge in [-0.1, -0.05) is 41.9 Å². The van der Waals surface area contributed by atoms with Crippen molar-refractivity contribution >= 4 is 27.9 Å². The molecule has 2 aromatic carbocycles. The number of nitrogens with one attached hydrogen (secondary N) is 1. The molecule has 1 unspecified atom stereocenters. The van der Waals surface area contributed by atoms with Crippen molar-refractivity contribution in [3.8, 4) is 0 Å². The Morgan fingerprint density at radius 1 is 1.00 bits per heavy atom. The van der Waals surface area contributed by atoms with Crippen LogP contribution in [-0.2, 0) is 10.0 Å². The van der Waals surface area contributed by atoms with Crippen molar-refractivity contribution < 1.29 is 13.2 Å². The molecule has 3 rings (SSSR count). The van der Waals surface area contributed by atoms with E-state index in [-0.39, 0.29) is 17.4 Å². The fourth-order valence-corrected chi connectivity index (χ4v) is 4.12. The molecule has 1 atom stereocenters. The van der Waals surface area contributed by atoms with E-state index in [2.05, 4.69) is 9.71 Å². The average molecular weight is 415 g/mol. The highest BCUT2D eigenvalue weighted by Gasteiger charge is 2.18. The summed E-state index contributed by atoms with van der Waals surface area (Å²) in [5, 5.41) is 0.481. The van der Waals surface area contributed by atoms with Gasteiger partial charge in [-0.15, -0.1) is 0 Å². The molecule has 0 spiro atoms. The fraction of sp³-hybridized carbons (Fsp3) is 0.143. The van der Waals surface area contributed by atoms with Gasteiger partial charge in [0, 0.05) is 35.4 Å². The number of sulfonamides is 1. The van der Waals surface area contributed by atoms with Gasteiger partial charge in [-0.25, -0.2) is 13.1 Å². The van der Waals surface area contributed by atoms with Gasteiger partial charge in [0.2, 0.25) is 10.0 Å². The zero-order valence-electron chi connectivity index (χ0n) is 15.0. The minimum atomic E-state index is -3.62. The van der Waals surface area contributed by atoms with Crippen LogP contribution in [-0.4, -0.2) is 26.2 Å². The first-order valence-electron chi connectivity index (χ1n) is 8.70. The summed E-state index contributed by atoms with van der Waals surface area (Å²) in [6.45, 7) is 0.250. The molecule has 0 radical (unpaired) electrons. The molecule has 0 saturated heterocycles. The van der Waals surface area contributed by atoms with Crippen LogP contribution < -0.4 is 4.72 Å². The second-order valence-corrected chi connectivity index (χ2v) is 8.47. The minimum Gasteiger partial charge on any atom is -0.298 e. The highest BCUT2D eigenvalue weighted by atomic mass is 35.5. The molecule has 1 heterocycles. The van der Waals surface area contributed by atoms with Crippen LogP contribution >= 0.6 is 11.6 Å². The second-order valence-electron chi connectivity index (χ2n) is 6.26. The van der Waals surface area contributed by atoms with Gasteiger partial charge in [-0.05, 0) is 47.9 Å². The van der Waals surface area contributed by atoms with Gasteiger partial charge < -0.3 is 0 Å². The van der Waals surface area contributed by atoms with Crippen LogP contribution in [0.3, 0.4) is 0 Å². The van der Waals surface area contributed by atoms with Crippen LogP contribution in [0, 0.1) is 0 Å². The zero-order valence-corrected chi connectivity index (χ0v) is 16.5. The number of halogens is 1. The molecule has 0 fully saturated rings. The number of aromatic nitrogens is 1. The maximum Gasteiger partial charge on any atom is 0.240 e. The van der Waals surface area contributed by atoms with E-state index in [0.717, 1.165) is 17.4 Å². The Morgan fingerprint density at radius 3 is 2.32 bits per heavy atom. The van der Waals surface area contributed by atoms with E-state index >= 15 is 0 Å². The predicted octanol–water partition coefficient (Wildman–Crippen LogP) is 4.05. The minimum absolute atomic E-state index is 0.0534. The maximum absolute atomic E-state index is 12.5. The first-order chi connectivity index (χ1) is 13.5. The number of nitrogens with zero attached hydrogens (tertiary/aromatic N) is 1. The van der Waals surface area contributed by atoms with Crippen LogP contribution in [0.5, 0.6) is 0 Å². The summed E-state index contributed by atoms with van der Waals surface area (Å²) < 4.78 is 27.6. The lowest BCUT2D eigenvalue weighted by Gasteiger charge is -2.18. The SMILES string of the molecule is O=Cc1ccc(C(CCNS(=O)(=O)c2ccc(Cl)cc2)c2cccnc2)cc1. The Balaban J connectivity index is 1.76. The lowest BCUT2D eigenvalue weighted by atomic mass is 9.89. The van der Waals surface area contributed by atoms with Crippen molar-refractivity contribution in [2.45, 2.75) is 17.2 Å². The van der Waals surface area contributed by atoms with E-state index in [4.69, 9.17) is 11.6 Å². The van der Waals surface area contributed by atoms with Crippen molar-refractivity contribution in [1.82, 2.24) is 9.71 Å². The first kappa shape index (κ1) is 20.2. The Hall–Kier alpha value is -2.54.